The molecule has 6 heteroatoms. The Morgan fingerprint density at radius 1 is 1.22 bits per heavy atom. The quantitative estimate of drug-likeness (QED) is 0.918. The van der Waals surface area contributed by atoms with Crippen molar-refractivity contribution in [1.82, 2.24) is 4.98 Å². The second-order valence-corrected chi connectivity index (χ2v) is 4.31. The molecule has 18 heavy (non-hydrogen) atoms. The molecule has 0 fully saturated rings. The Kier molecular flexibility index (Phi) is 4.09. The maximum absolute atomic E-state index is 12.2. The molecule has 94 valence electrons. The van der Waals surface area contributed by atoms with Crippen LogP contribution in [-0.4, -0.2) is 11.6 Å². The highest BCUT2D eigenvalue weighted by Gasteiger charge is 2.09. The number of anilines is 2. The number of nitrogens with one attached hydrogen (secondary N) is 1. The topological polar surface area (TPSA) is 34.1 Å². The summed E-state index contributed by atoms with van der Waals surface area (Å²) in [7, 11) is 0. The van der Waals surface area contributed by atoms with E-state index in [1.165, 1.54) is 6.07 Å². The molecule has 0 unspecified atom stereocenters. The summed E-state index contributed by atoms with van der Waals surface area (Å²) >= 11 is 3.28. The number of nitrogens with zero attached hydrogens (tertiary/aromatic N) is 1. The summed E-state index contributed by atoms with van der Waals surface area (Å²) in [4.78, 5) is 3.97. The average Bonchev–Trinajstić information content (AvgIpc) is 2.31. The molecule has 2 rings (SSSR count). The van der Waals surface area contributed by atoms with Gasteiger partial charge in [0.2, 0.25) is 0 Å². The van der Waals surface area contributed by atoms with Gasteiger partial charge in [-0.3, -0.25) is 4.98 Å². The van der Waals surface area contributed by atoms with Gasteiger partial charge >= 0.3 is 6.61 Å². The molecule has 0 saturated carbocycles. The van der Waals surface area contributed by atoms with E-state index in [1.807, 2.05) is 0 Å². The van der Waals surface area contributed by atoms with E-state index in [9.17, 15) is 8.78 Å². The van der Waals surface area contributed by atoms with Gasteiger partial charge in [0.25, 0.3) is 0 Å². The third kappa shape index (κ3) is 3.40. The van der Waals surface area contributed by atoms with Crippen LogP contribution in [0.15, 0.2) is 47.2 Å². The number of alkyl halides is 2. The molecular weight excluding hydrogens is 306 g/mol. The summed E-state index contributed by atoms with van der Waals surface area (Å²) in [5.74, 6) is 0.0903. The van der Waals surface area contributed by atoms with Crippen LogP contribution in [-0.2, 0) is 0 Å². The van der Waals surface area contributed by atoms with Crippen molar-refractivity contribution in [2.75, 3.05) is 5.32 Å². The van der Waals surface area contributed by atoms with Gasteiger partial charge in [0.1, 0.15) is 5.75 Å². The molecule has 1 aromatic heterocycles. The van der Waals surface area contributed by atoms with Crippen LogP contribution in [0.25, 0.3) is 0 Å². The highest BCUT2D eigenvalue weighted by atomic mass is 79.9. The minimum absolute atomic E-state index is 0.0903. The van der Waals surface area contributed by atoms with Crippen LogP contribution in [0, 0.1) is 0 Å². The number of para-hydroxylation sites is 2. The summed E-state index contributed by atoms with van der Waals surface area (Å²) in [5, 5.41) is 2.97. The SMILES string of the molecule is FC(F)Oc1ccccc1Nc1cncc(Br)c1. The van der Waals surface area contributed by atoms with E-state index in [2.05, 4.69) is 31.0 Å². The predicted molar refractivity (Wildman–Crippen MR) is 68.3 cm³/mol. The van der Waals surface area contributed by atoms with E-state index in [1.54, 1.807) is 36.7 Å². The zero-order chi connectivity index (χ0) is 13.0. The van der Waals surface area contributed by atoms with E-state index >= 15 is 0 Å². The molecule has 0 amide bonds. The lowest BCUT2D eigenvalue weighted by atomic mass is 10.3. The minimum atomic E-state index is -2.85. The summed E-state index contributed by atoms with van der Waals surface area (Å²) in [6.45, 7) is -2.85. The first kappa shape index (κ1) is 12.8. The number of pyridine rings is 1. The first-order valence-electron chi connectivity index (χ1n) is 5.06. The monoisotopic (exact) mass is 314 g/mol. The summed E-state index contributed by atoms with van der Waals surface area (Å²) in [5.41, 5.74) is 1.13. The van der Waals surface area contributed by atoms with Gasteiger partial charge in [-0.05, 0) is 34.1 Å². The van der Waals surface area contributed by atoms with Crippen molar-refractivity contribution < 1.29 is 13.5 Å². The number of ether oxygens (including phenoxy) is 1. The fraction of sp³-hybridized carbons (Fsp3) is 0.0833. The van der Waals surface area contributed by atoms with Gasteiger partial charge in [0.15, 0.2) is 0 Å². The molecule has 1 N–H and O–H groups in total. The van der Waals surface area contributed by atoms with E-state index in [0.29, 0.717) is 11.4 Å². The summed E-state index contributed by atoms with van der Waals surface area (Å²) < 4.78 is 29.7. The van der Waals surface area contributed by atoms with E-state index in [0.717, 1.165) is 4.47 Å². The molecule has 0 radical (unpaired) electrons. The molecule has 0 bridgehead atoms. The Morgan fingerprint density at radius 3 is 2.72 bits per heavy atom. The van der Waals surface area contributed by atoms with Crippen molar-refractivity contribution in [3.63, 3.8) is 0 Å². The molecule has 0 aliphatic carbocycles. The van der Waals surface area contributed by atoms with Crippen molar-refractivity contribution in [3.05, 3.63) is 47.2 Å². The van der Waals surface area contributed by atoms with Gasteiger partial charge in [0, 0.05) is 10.7 Å². The maximum Gasteiger partial charge on any atom is 0.387 e. The van der Waals surface area contributed by atoms with Crippen LogP contribution >= 0.6 is 15.9 Å². The molecule has 2 aromatic rings. The number of aromatic nitrogens is 1. The smallest absolute Gasteiger partial charge is 0.387 e. The van der Waals surface area contributed by atoms with Crippen molar-refractivity contribution in [2.24, 2.45) is 0 Å². The Bertz CT molecular complexity index is 537. The molecule has 0 atom stereocenters. The van der Waals surface area contributed by atoms with Gasteiger partial charge in [-0.1, -0.05) is 12.1 Å². The third-order valence-corrected chi connectivity index (χ3v) is 2.52. The second-order valence-electron chi connectivity index (χ2n) is 3.39. The van der Waals surface area contributed by atoms with Crippen LogP contribution in [0.4, 0.5) is 20.2 Å². The molecule has 0 aliphatic heterocycles. The van der Waals surface area contributed by atoms with Gasteiger partial charge in [-0.2, -0.15) is 8.78 Å². The Morgan fingerprint density at radius 2 is 2.00 bits per heavy atom. The Hall–Kier alpha value is -1.69. The Labute approximate surface area is 111 Å². The molecule has 0 aliphatic rings. The van der Waals surface area contributed by atoms with Crippen LogP contribution in [0.1, 0.15) is 0 Å². The predicted octanol–water partition coefficient (Wildman–Crippen LogP) is 4.19. The summed E-state index contributed by atoms with van der Waals surface area (Å²) in [6.07, 6.45) is 3.22. The number of hydrogen-bond donors (Lipinski definition) is 1. The molecule has 0 saturated heterocycles. The van der Waals surface area contributed by atoms with E-state index in [-0.39, 0.29) is 5.75 Å². The molecule has 1 aromatic carbocycles. The fourth-order valence-electron chi connectivity index (χ4n) is 1.40. The van der Waals surface area contributed by atoms with Crippen molar-refractivity contribution >= 4 is 27.3 Å². The standard InChI is InChI=1S/C12H9BrF2N2O/c13-8-5-9(7-16-6-8)17-10-3-1-2-4-11(10)18-12(14)15/h1-7,12,17H. The van der Waals surface area contributed by atoms with Crippen molar-refractivity contribution in [1.29, 1.82) is 0 Å². The molecule has 0 spiro atoms. The lowest BCUT2D eigenvalue weighted by molar-refractivity contribution is -0.0493. The van der Waals surface area contributed by atoms with Gasteiger partial charge in [-0.25, -0.2) is 0 Å². The van der Waals surface area contributed by atoms with Crippen LogP contribution in [0.2, 0.25) is 0 Å². The largest absolute Gasteiger partial charge is 0.433 e. The highest BCUT2D eigenvalue weighted by molar-refractivity contribution is 9.10. The first-order chi connectivity index (χ1) is 8.65. The number of rotatable bonds is 4. The maximum atomic E-state index is 12.2. The number of hydrogen-bond acceptors (Lipinski definition) is 3. The number of halogens is 3. The van der Waals surface area contributed by atoms with Gasteiger partial charge < -0.3 is 10.1 Å². The van der Waals surface area contributed by atoms with Gasteiger partial charge in [0.05, 0.1) is 17.6 Å². The first-order valence-corrected chi connectivity index (χ1v) is 5.86. The van der Waals surface area contributed by atoms with Crippen molar-refractivity contribution in [2.45, 2.75) is 6.61 Å². The molecular formula is C12H9BrF2N2O. The van der Waals surface area contributed by atoms with Crippen LogP contribution < -0.4 is 10.1 Å². The zero-order valence-corrected chi connectivity index (χ0v) is 10.7. The van der Waals surface area contributed by atoms with Gasteiger partial charge in [-0.15, -0.1) is 0 Å². The normalized spacial score (nSPS) is 10.4. The Balaban J connectivity index is 2.23. The summed E-state index contributed by atoms with van der Waals surface area (Å²) in [6, 6.07) is 8.26. The van der Waals surface area contributed by atoms with Crippen LogP contribution in [0.3, 0.4) is 0 Å². The second kappa shape index (κ2) is 5.77. The van der Waals surface area contributed by atoms with E-state index < -0.39 is 6.61 Å². The number of benzene rings is 1. The van der Waals surface area contributed by atoms with E-state index in [4.69, 9.17) is 0 Å². The lowest BCUT2D eigenvalue weighted by Crippen LogP contribution is -2.04. The van der Waals surface area contributed by atoms with Crippen LogP contribution in [0.5, 0.6) is 5.75 Å². The van der Waals surface area contributed by atoms with Crippen molar-refractivity contribution in [3.8, 4) is 5.75 Å². The highest BCUT2D eigenvalue weighted by Crippen LogP contribution is 2.29. The molecule has 1 heterocycles. The average molecular weight is 315 g/mol. The molecule has 3 nitrogen and oxygen atoms in total. The minimum Gasteiger partial charge on any atom is -0.433 e. The fourth-order valence-corrected chi connectivity index (χ4v) is 1.77. The lowest BCUT2D eigenvalue weighted by Gasteiger charge is -2.12. The zero-order valence-electron chi connectivity index (χ0n) is 9.11. The third-order valence-electron chi connectivity index (χ3n) is 2.09.